The Hall–Kier alpha value is -0.500. The number of rotatable bonds is 35. The smallest absolute Gasteiger partial charge is 0.306 e. The Bertz CT molecular complexity index is 701. The lowest BCUT2D eigenvalue weighted by Crippen LogP contribution is -2.37. The van der Waals surface area contributed by atoms with Crippen molar-refractivity contribution in [3.8, 4) is 0 Å². The van der Waals surface area contributed by atoms with Crippen LogP contribution in [0.4, 0.5) is 0 Å². The van der Waals surface area contributed by atoms with Gasteiger partial charge in [0.2, 0.25) is 0 Å². The number of esters is 1. The van der Waals surface area contributed by atoms with Crippen LogP contribution in [0.25, 0.3) is 0 Å². The fourth-order valence-corrected chi connectivity index (χ4v) is 5.92. The van der Waals surface area contributed by atoms with Crippen LogP contribution < -0.4 is 4.89 Å². The van der Waals surface area contributed by atoms with Crippen molar-refractivity contribution < 1.29 is 37.3 Å². The second kappa shape index (κ2) is 30.8. The third-order valence-electron chi connectivity index (χ3n) is 8.16. The summed E-state index contributed by atoms with van der Waals surface area (Å²) in [5, 5.41) is 0. The molecule has 0 spiro atoms. The Labute approximate surface area is 278 Å². The highest BCUT2D eigenvalue weighted by Crippen LogP contribution is 2.38. The number of hydrogen-bond acceptors (Lipinski definition) is 7. The average Bonchev–Trinajstić information content (AvgIpc) is 2.97. The molecule has 8 nitrogen and oxygen atoms in total. The zero-order chi connectivity index (χ0) is 33.5. The number of phosphoric ester groups is 1. The van der Waals surface area contributed by atoms with Crippen LogP contribution in [0.2, 0.25) is 0 Å². The second-order valence-electron chi connectivity index (χ2n) is 14.0. The van der Waals surface area contributed by atoms with E-state index < -0.39 is 13.9 Å². The van der Waals surface area contributed by atoms with Gasteiger partial charge < -0.3 is 27.9 Å². The van der Waals surface area contributed by atoms with Crippen molar-refractivity contribution in [1.82, 2.24) is 0 Å². The average molecular weight is 664 g/mol. The van der Waals surface area contributed by atoms with Gasteiger partial charge >= 0.3 is 5.97 Å². The van der Waals surface area contributed by atoms with E-state index in [1.54, 1.807) is 0 Å². The normalized spacial score (nSPS) is 14.0. The molecule has 0 aliphatic rings. The minimum absolute atomic E-state index is 0.0295. The molecule has 0 heterocycles. The summed E-state index contributed by atoms with van der Waals surface area (Å²) in [4.78, 5) is 24.4. The lowest BCUT2D eigenvalue weighted by atomic mass is 10.0. The van der Waals surface area contributed by atoms with Crippen molar-refractivity contribution >= 4 is 13.8 Å². The molecule has 0 N–H and O–H groups in total. The Balaban J connectivity index is 3.88. The zero-order valence-electron chi connectivity index (χ0n) is 30.3. The summed E-state index contributed by atoms with van der Waals surface area (Å²) in [6.07, 6.45) is 29.1. The van der Waals surface area contributed by atoms with Crippen molar-refractivity contribution in [1.29, 1.82) is 0 Å². The summed E-state index contributed by atoms with van der Waals surface area (Å²) in [5.41, 5.74) is 0. The molecule has 0 aromatic rings. The molecule has 0 aliphatic heterocycles. The van der Waals surface area contributed by atoms with E-state index in [0.29, 0.717) is 24.1 Å². The van der Waals surface area contributed by atoms with E-state index in [2.05, 4.69) is 13.8 Å². The second-order valence-corrected chi connectivity index (χ2v) is 15.4. The van der Waals surface area contributed by atoms with Gasteiger partial charge in [0.1, 0.15) is 19.3 Å². The molecule has 0 saturated heterocycles. The monoisotopic (exact) mass is 664 g/mol. The summed E-state index contributed by atoms with van der Waals surface area (Å²) in [5.74, 6) is -0.355. The SMILES string of the molecule is CCCCCCCCCCCCCCCCCCCCCCOCC(COP(=O)([O-])OCC[N+](C)(C)C)OC(=O)CCCCC. The largest absolute Gasteiger partial charge is 0.756 e. The molecule has 0 fully saturated rings. The first-order chi connectivity index (χ1) is 21.6. The van der Waals surface area contributed by atoms with Gasteiger partial charge in [0.05, 0.1) is 34.4 Å². The van der Waals surface area contributed by atoms with E-state index in [1.165, 1.54) is 116 Å². The van der Waals surface area contributed by atoms with Crippen LogP contribution in [0.5, 0.6) is 0 Å². The molecule has 0 rings (SSSR count). The number of nitrogens with zero attached hydrogens (tertiary/aromatic N) is 1. The van der Waals surface area contributed by atoms with E-state index in [1.807, 2.05) is 21.1 Å². The van der Waals surface area contributed by atoms with Crippen molar-refractivity contribution in [3.63, 3.8) is 0 Å². The minimum atomic E-state index is -4.49. The minimum Gasteiger partial charge on any atom is -0.756 e. The predicted molar refractivity (Wildman–Crippen MR) is 185 cm³/mol. The highest BCUT2D eigenvalue weighted by Gasteiger charge is 2.20. The van der Waals surface area contributed by atoms with Gasteiger partial charge in [-0.3, -0.25) is 9.36 Å². The summed E-state index contributed by atoms with van der Waals surface area (Å²) >= 11 is 0. The lowest BCUT2D eigenvalue weighted by Gasteiger charge is -2.28. The summed E-state index contributed by atoms with van der Waals surface area (Å²) < 4.78 is 34.0. The summed E-state index contributed by atoms with van der Waals surface area (Å²) in [6.45, 7) is 5.26. The first-order valence-electron chi connectivity index (χ1n) is 18.8. The van der Waals surface area contributed by atoms with Crippen LogP contribution in [-0.2, 0) is 27.9 Å². The van der Waals surface area contributed by atoms with Gasteiger partial charge in [-0.2, -0.15) is 0 Å². The fourth-order valence-electron chi connectivity index (χ4n) is 5.19. The van der Waals surface area contributed by atoms with Crippen LogP contribution >= 0.6 is 7.82 Å². The number of phosphoric acid groups is 1. The van der Waals surface area contributed by atoms with Gasteiger partial charge in [0, 0.05) is 13.0 Å². The maximum Gasteiger partial charge on any atom is 0.306 e. The van der Waals surface area contributed by atoms with Crippen LogP contribution in [0.15, 0.2) is 0 Å². The topological polar surface area (TPSA) is 94.1 Å². The first-order valence-corrected chi connectivity index (χ1v) is 20.2. The van der Waals surface area contributed by atoms with E-state index in [4.69, 9.17) is 18.5 Å². The van der Waals surface area contributed by atoms with Gasteiger partial charge in [-0.1, -0.05) is 149 Å². The molecule has 0 radical (unpaired) electrons. The summed E-state index contributed by atoms with van der Waals surface area (Å²) in [6, 6.07) is 0. The number of quaternary nitrogens is 1. The Morgan fingerprint density at radius 3 is 1.47 bits per heavy atom. The third kappa shape index (κ3) is 34.6. The van der Waals surface area contributed by atoms with E-state index in [9.17, 15) is 14.3 Å². The van der Waals surface area contributed by atoms with E-state index in [-0.39, 0.29) is 25.8 Å². The Morgan fingerprint density at radius 1 is 0.600 bits per heavy atom. The van der Waals surface area contributed by atoms with Crippen LogP contribution in [0.1, 0.15) is 168 Å². The van der Waals surface area contributed by atoms with Crippen LogP contribution in [0.3, 0.4) is 0 Å². The summed E-state index contributed by atoms with van der Waals surface area (Å²) in [7, 11) is 1.36. The molecule has 45 heavy (non-hydrogen) atoms. The number of carbonyl (C=O) groups excluding carboxylic acids is 1. The van der Waals surface area contributed by atoms with Crippen molar-refractivity contribution in [3.05, 3.63) is 0 Å². The van der Waals surface area contributed by atoms with Gasteiger partial charge in [0.15, 0.2) is 0 Å². The van der Waals surface area contributed by atoms with E-state index in [0.717, 1.165) is 32.1 Å². The van der Waals surface area contributed by atoms with E-state index >= 15 is 0 Å². The molecule has 0 aliphatic carbocycles. The molecule has 0 aromatic heterocycles. The number of carbonyl (C=O) groups is 1. The molecule has 0 amide bonds. The van der Waals surface area contributed by atoms with Crippen molar-refractivity contribution in [2.45, 2.75) is 174 Å². The highest BCUT2D eigenvalue weighted by atomic mass is 31.2. The van der Waals surface area contributed by atoms with Crippen LogP contribution in [0, 0.1) is 0 Å². The van der Waals surface area contributed by atoms with Gasteiger partial charge in [-0.25, -0.2) is 0 Å². The lowest BCUT2D eigenvalue weighted by molar-refractivity contribution is -0.870. The predicted octanol–water partition coefficient (Wildman–Crippen LogP) is 9.52. The molecule has 0 aromatic carbocycles. The number of hydrogen-bond donors (Lipinski definition) is 0. The molecule has 2 unspecified atom stereocenters. The molecule has 270 valence electrons. The van der Waals surface area contributed by atoms with Crippen LogP contribution in [-0.4, -0.2) is 70.7 Å². The Kier molecular flexibility index (Phi) is 30.5. The first kappa shape index (κ1) is 44.5. The molecule has 0 bridgehead atoms. The molecular formula is C36H74NO7P. The van der Waals surface area contributed by atoms with Crippen molar-refractivity contribution in [2.75, 3.05) is 54.1 Å². The highest BCUT2D eigenvalue weighted by molar-refractivity contribution is 7.45. The Morgan fingerprint density at radius 2 is 1.02 bits per heavy atom. The number of likely N-dealkylation sites (N-methyl/N-ethyl adjacent to an activating group) is 1. The van der Waals surface area contributed by atoms with Crippen molar-refractivity contribution in [2.24, 2.45) is 0 Å². The van der Waals surface area contributed by atoms with Gasteiger partial charge in [0.25, 0.3) is 7.82 Å². The maximum atomic E-state index is 12.2. The molecular weight excluding hydrogens is 589 g/mol. The molecule has 0 saturated carbocycles. The van der Waals surface area contributed by atoms with Gasteiger partial charge in [-0.15, -0.1) is 0 Å². The molecule has 2 atom stereocenters. The third-order valence-corrected chi connectivity index (χ3v) is 9.12. The maximum absolute atomic E-state index is 12.2. The number of unbranched alkanes of at least 4 members (excludes halogenated alkanes) is 21. The number of ether oxygens (including phenoxy) is 2. The van der Waals surface area contributed by atoms with Gasteiger partial charge in [-0.05, 0) is 12.8 Å². The fraction of sp³-hybridized carbons (Fsp3) is 0.972. The quantitative estimate of drug-likeness (QED) is 0.0288. The zero-order valence-corrected chi connectivity index (χ0v) is 31.2. The standard InChI is InChI=1S/C36H74NO7P/c1-6-8-10-11-12-13-14-15-16-17-18-19-20-21-22-23-24-25-26-28-31-41-33-35(44-36(38)29-27-9-7-2)34-43-45(39,40)42-32-30-37(3,4)5/h35H,6-34H2,1-5H3. The molecule has 9 heteroatoms.